The lowest BCUT2D eigenvalue weighted by molar-refractivity contribution is -0.139. The summed E-state index contributed by atoms with van der Waals surface area (Å²) >= 11 is 0. The molecule has 0 amide bonds. The van der Waals surface area contributed by atoms with E-state index < -0.39 is 0 Å². The molecule has 1 rings (SSSR count). The first kappa shape index (κ1) is 11.0. The maximum atomic E-state index is 10.8. The van der Waals surface area contributed by atoms with Crippen molar-refractivity contribution in [2.45, 2.75) is 45.1 Å². The van der Waals surface area contributed by atoms with Crippen LogP contribution in [0.5, 0.6) is 0 Å². The summed E-state index contributed by atoms with van der Waals surface area (Å²) < 4.78 is 5.05. The van der Waals surface area contributed by atoms with E-state index in [9.17, 15) is 4.79 Å². The molecule has 14 heavy (non-hydrogen) atoms. The second kappa shape index (κ2) is 6.41. The van der Waals surface area contributed by atoms with Crippen molar-refractivity contribution in [1.29, 1.82) is 0 Å². The molecule has 78 valence electrons. The molecule has 1 unspecified atom stereocenters. The van der Waals surface area contributed by atoms with Gasteiger partial charge in [0, 0.05) is 6.42 Å². The first-order valence-corrected chi connectivity index (χ1v) is 5.34. The Balaban J connectivity index is 2.08. The smallest absolute Gasteiger partial charge is 0.306 e. The van der Waals surface area contributed by atoms with Crippen LogP contribution in [0, 0.1) is 0 Å². The van der Waals surface area contributed by atoms with Gasteiger partial charge in [0.1, 0.15) is 6.10 Å². The van der Waals surface area contributed by atoms with E-state index in [2.05, 4.69) is 25.2 Å². The predicted molar refractivity (Wildman–Crippen MR) is 56.9 cm³/mol. The molecule has 0 saturated carbocycles. The molecule has 1 heterocycles. The number of carbonyl (C=O) groups is 1. The fraction of sp³-hybridized carbons (Fsp3) is 0.583. The molecule has 0 aromatic rings. The van der Waals surface area contributed by atoms with Crippen LogP contribution in [0.4, 0.5) is 0 Å². The van der Waals surface area contributed by atoms with Crippen molar-refractivity contribution in [3.8, 4) is 0 Å². The molecule has 0 N–H and O–H groups in total. The van der Waals surface area contributed by atoms with Crippen molar-refractivity contribution in [3.63, 3.8) is 0 Å². The van der Waals surface area contributed by atoms with Gasteiger partial charge in [-0.3, -0.25) is 4.79 Å². The molecule has 0 aromatic carbocycles. The highest BCUT2D eigenvalue weighted by Gasteiger charge is 2.19. The number of hydrogen-bond donors (Lipinski definition) is 0. The molecule has 0 aliphatic carbocycles. The number of rotatable bonds is 5. The maximum absolute atomic E-state index is 10.8. The van der Waals surface area contributed by atoms with Crippen LogP contribution < -0.4 is 0 Å². The third-order valence-electron chi connectivity index (χ3n) is 2.17. The summed E-state index contributed by atoms with van der Waals surface area (Å²) in [5.74, 6) is -0.0643. The van der Waals surface area contributed by atoms with Crippen molar-refractivity contribution in [2.75, 3.05) is 0 Å². The standard InChI is InChI=1S/C12H18O2/c1-2-3-4-5-6-7-8-11-9-10-12(13)14-11/h3-4,7-8,11H,2,5-6,9-10H2,1H3. The first-order valence-electron chi connectivity index (χ1n) is 5.34. The number of hydrogen-bond acceptors (Lipinski definition) is 2. The van der Waals surface area contributed by atoms with Crippen LogP contribution in [0.1, 0.15) is 39.0 Å². The molecule has 0 bridgehead atoms. The van der Waals surface area contributed by atoms with Gasteiger partial charge < -0.3 is 4.74 Å². The Hall–Kier alpha value is -1.05. The highest BCUT2D eigenvalue weighted by atomic mass is 16.5. The lowest BCUT2D eigenvalue weighted by atomic mass is 10.2. The minimum Gasteiger partial charge on any atom is -0.458 e. The van der Waals surface area contributed by atoms with E-state index in [4.69, 9.17) is 4.74 Å². The maximum Gasteiger partial charge on any atom is 0.306 e. The fourth-order valence-corrected chi connectivity index (χ4v) is 1.41. The molecule has 2 nitrogen and oxygen atoms in total. The third-order valence-corrected chi connectivity index (χ3v) is 2.17. The lowest BCUT2D eigenvalue weighted by Crippen LogP contribution is -2.01. The number of ether oxygens (including phenoxy) is 1. The Morgan fingerprint density at radius 2 is 2.14 bits per heavy atom. The van der Waals surface area contributed by atoms with Crippen molar-refractivity contribution in [2.24, 2.45) is 0 Å². The summed E-state index contributed by atoms with van der Waals surface area (Å²) in [6.07, 6.45) is 13.1. The number of cyclic esters (lactones) is 1. The van der Waals surface area contributed by atoms with Crippen molar-refractivity contribution in [3.05, 3.63) is 24.3 Å². The average molecular weight is 194 g/mol. The van der Waals surface area contributed by atoms with Gasteiger partial charge in [-0.15, -0.1) is 0 Å². The predicted octanol–water partition coefficient (Wildman–Crippen LogP) is 2.99. The van der Waals surface area contributed by atoms with Gasteiger partial charge in [0.25, 0.3) is 0 Å². The van der Waals surface area contributed by atoms with Gasteiger partial charge >= 0.3 is 5.97 Å². The molecule has 0 radical (unpaired) electrons. The lowest BCUT2D eigenvalue weighted by Gasteiger charge is -2.00. The van der Waals surface area contributed by atoms with Gasteiger partial charge in [-0.25, -0.2) is 0 Å². The zero-order valence-corrected chi connectivity index (χ0v) is 8.74. The van der Waals surface area contributed by atoms with Crippen molar-refractivity contribution < 1.29 is 9.53 Å². The van der Waals surface area contributed by atoms with Crippen LogP contribution in [0.15, 0.2) is 24.3 Å². The van der Waals surface area contributed by atoms with Gasteiger partial charge in [0.2, 0.25) is 0 Å². The van der Waals surface area contributed by atoms with E-state index in [1.807, 2.05) is 6.08 Å². The summed E-state index contributed by atoms with van der Waals surface area (Å²) in [7, 11) is 0. The highest BCUT2D eigenvalue weighted by Crippen LogP contribution is 2.14. The van der Waals surface area contributed by atoms with Crippen LogP contribution in [0.3, 0.4) is 0 Å². The van der Waals surface area contributed by atoms with Crippen molar-refractivity contribution in [1.82, 2.24) is 0 Å². The molecular formula is C12H18O2. The second-order valence-electron chi connectivity index (χ2n) is 3.45. The Kier molecular flexibility index (Phi) is 5.05. The van der Waals surface area contributed by atoms with Gasteiger partial charge in [0.05, 0.1) is 0 Å². The van der Waals surface area contributed by atoms with Gasteiger partial charge in [-0.05, 0) is 31.8 Å². The monoisotopic (exact) mass is 194 g/mol. The molecule has 1 aliphatic rings. The summed E-state index contributed by atoms with van der Waals surface area (Å²) in [5, 5.41) is 0. The Labute approximate surface area is 85.6 Å². The third kappa shape index (κ3) is 4.26. The van der Waals surface area contributed by atoms with E-state index in [0.717, 1.165) is 25.7 Å². The van der Waals surface area contributed by atoms with E-state index in [-0.39, 0.29) is 12.1 Å². The molecule has 1 aliphatic heterocycles. The summed E-state index contributed by atoms with van der Waals surface area (Å²) in [6.45, 7) is 2.13. The normalized spacial score (nSPS) is 22.4. The average Bonchev–Trinajstić information content (AvgIpc) is 2.58. The zero-order valence-electron chi connectivity index (χ0n) is 8.74. The summed E-state index contributed by atoms with van der Waals surface area (Å²) in [6, 6.07) is 0. The topological polar surface area (TPSA) is 26.3 Å². The minimum absolute atomic E-state index is 0.0395. The highest BCUT2D eigenvalue weighted by molar-refractivity contribution is 5.71. The zero-order chi connectivity index (χ0) is 10.2. The quantitative estimate of drug-likeness (QED) is 0.382. The Bertz CT molecular complexity index is 228. The van der Waals surface area contributed by atoms with Crippen molar-refractivity contribution >= 4 is 5.97 Å². The molecule has 0 aromatic heterocycles. The number of unbranched alkanes of at least 4 members (excludes halogenated alkanes) is 1. The molecular weight excluding hydrogens is 176 g/mol. The van der Waals surface area contributed by atoms with Crippen LogP contribution in [0.25, 0.3) is 0 Å². The van der Waals surface area contributed by atoms with E-state index in [1.165, 1.54) is 0 Å². The van der Waals surface area contributed by atoms with Crippen LogP contribution >= 0.6 is 0 Å². The summed E-state index contributed by atoms with van der Waals surface area (Å²) in [5.41, 5.74) is 0. The molecule has 2 heteroatoms. The number of allylic oxidation sites excluding steroid dienone is 3. The molecule has 0 spiro atoms. The van der Waals surface area contributed by atoms with E-state index in [0.29, 0.717) is 6.42 Å². The van der Waals surface area contributed by atoms with E-state index in [1.54, 1.807) is 0 Å². The largest absolute Gasteiger partial charge is 0.458 e. The van der Waals surface area contributed by atoms with Gasteiger partial charge in [-0.2, -0.15) is 0 Å². The fourth-order valence-electron chi connectivity index (χ4n) is 1.41. The molecule has 1 fully saturated rings. The summed E-state index contributed by atoms with van der Waals surface area (Å²) in [4.78, 5) is 10.8. The van der Waals surface area contributed by atoms with Crippen LogP contribution in [-0.2, 0) is 9.53 Å². The SMILES string of the molecule is CCC=CCCC=CC1CCC(=O)O1. The molecule has 1 saturated heterocycles. The van der Waals surface area contributed by atoms with Crippen LogP contribution in [-0.4, -0.2) is 12.1 Å². The second-order valence-corrected chi connectivity index (χ2v) is 3.45. The van der Waals surface area contributed by atoms with Crippen LogP contribution in [0.2, 0.25) is 0 Å². The van der Waals surface area contributed by atoms with Gasteiger partial charge in [-0.1, -0.05) is 25.2 Å². The Morgan fingerprint density at radius 1 is 1.36 bits per heavy atom. The van der Waals surface area contributed by atoms with E-state index >= 15 is 0 Å². The van der Waals surface area contributed by atoms with Gasteiger partial charge in [0.15, 0.2) is 0 Å². The number of carbonyl (C=O) groups excluding carboxylic acids is 1. The minimum atomic E-state index is -0.0643. The Morgan fingerprint density at radius 3 is 2.79 bits per heavy atom. The first-order chi connectivity index (χ1) is 6.83. The number of esters is 1. The molecule has 1 atom stereocenters.